The summed E-state index contributed by atoms with van der Waals surface area (Å²) in [6, 6.07) is 13.7. The summed E-state index contributed by atoms with van der Waals surface area (Å²) in [5.74, 6) is 0.0534. The minimum atomic E-state index is -0.574. The molecule has 1 amide bonds. The van der Waals surface area contributed by atoms with Crippen molar-refractivity contribution in [3.05, 3.63) is 80.5 Å². The Balaban J connectivity index is 1.72. The molecule has 2 heterocycles. The third-order valence-corrected chi connectivity index (χ3v) is 5.53. The SMILES string of the molecule is COc1ccc(-n2nc(C(=O)N/N=C\c3ccc(Cl)cc3)c3csc(N)c3c2=O)cc1. The highest BCUT2D eigenvalue weighted by molar-refractivity contribution is 7.15. The lowest BCUT2D eigenvalue weighted by Gasteiger charge is -2.09. The number of fused-ring (bicyclic) bond motifs is 1. The summed E-state index contributed by atoms with van der Waals surface area (Å²) in [7, 11) is 1.55. The number of benzene rings is 2. The minimum Gasteiger partial charge on any atom is -0.497 e. The topological polar surface area (TPSA) is 112 Å². The van der Waals surface area contributed by atoms with Gasteiger partial charge in [-0.3, -0.25) is 9.59 Å². The van der Waals surface area contributed by atoms with Crippen LogP contribution in [-0.2, 0) is 0 Å². The molecule has 0 radical (unpaired) electrons. The zero-order valence-corrected chi connectivity index (χ0v) is 17.8. The monoisotopic (exact) mass is 453 g/mol. The lowest BCUT2D eigenvalue weighted by atomic mass is 10.2. The van der Waals surface area contributed by atoms with Crippen LogP contribution in [0, 0.1) is 0 Å². The van der Waals surface area contributed by atoms with E-state index < -0.39 is 11.5 Å². The molecule has 2 aromatic carbocycles. The number of carbonyl (C=O) groups is 1. The molecule has 0 bridgehead atoms. The van der Waals surface area contributed by atoms with E-state index >= 15 is 0 Å². The second-order valence-corrected chi connectivity index (χ2v) is 7.75. The van der Waals surface area contributed by atoms with Crippen LogP contribution in [0.5, 0.6) is 5.75 Å². The number of thiophene rings is 1. The average Bonchev–Trinajstić information content (AvgIpc) is 3.17. The molecule has 2 aromatic heterocycles. The lowest BCUT2D eigenvalue weighted by molar-refractivity contribution is 0.0950. The van der Waals surface area contributed by atoms with Crippen LogP contribution in [0.4, 0.5) is 5.00 Å². The summed E-state index contributed by atoms with van der Waals surface area (Å²) in [6.07, 6.45) is 1.48. The summed E-state index contributed by atoms with van der Waals surface area (Å²) >= 11 is 7.03. The summed E-state index contributed by atoms with van der Waals surface area (Å²) in [5, 5.41) is 11.4. The number of hydrogen-bond donors (Lipinski definition) is 2. The van der Waals surface area contributed by atoms with Crippen molar-refractivity contribution in [2.24, 2.45) is 5.10 Å². The molecule has 0 aliphatic rings. The molecule has 0 saturated carbocycles. The highest BCUT2D eigenvalue weighted by atomic mass is 35.5. The first-order valence-corrected chi connectivity index (χ1v) is 10.3. The Morgan fingerprint density at radius 2 is 1.94 bits per heavy atom. The molecule has 0 spiro atoms. The summed E-state index contributed by atoms with van der Waals surface area (Å²) in [5.41, 5.74) is 9.30. The van der Waals surface area contributed by atoms with E-state index in [2.05, 4.69) is 15.6 Å². The van der Waals surface area contributed by atoms with Gasteiger partial charge in [-0.25, -0.2) is 5.43 Å². The van der Waals surface area contributed by atoms with Gasteiger partial charge in [-0.1, -0.05) is 23.7 Å². The van der Waals surface area contributed by atoms with E-state index in [0.29, 0.717) is 26.8 Å². The van der Waals surface area contributed by atoms with Crippen molar-refractivity contribution in [2.45, 2.75) is 0 Å². The second-order valence-electron chi connectivity index (χ2n) is 6.40. The van der Waals surface area contributed by atoms with Gasteiger partial charge in [-0.05, 0) is 42.0 Å². The van der Waals surface area contributed by atoms with Gasteiger partial charge in [0.05, 0.1) is 29.4 Å². The molecule has 0 fully saturated rings. The molecule has 31 heavy (non-hydrogen) atoms. The number of halogens is 1. The van der Waals surface area contributed by atoms with Gasteiger partial charge >= 0.3 is 0 Å². The highest BCUT2D eigenvalue weighted by Gasteiger charge is 2.20. The normalized spacial score (nSPS) is 11.2. The van der Waals surface area contributed by atoms with Crippen molar-refractivity contribution in [3.8, 4) is 11.4 Å². The molecular formula is C21H16ClN5O3S. The number of hydrazone groups is 1. The van der Waals surface area contributed by atoms with Crippen molar-refractivity contribution in [2.75, 3.05) is 12.8 Å². The number of aromatic nitrogens is 2. The van der Waals surface area contributed by atoms with Crippen LogP contribution in [0.15, 0.2) is 63.8 Å². The standard InChI is InChI=1S/C21H16ClN5O3S/c1-30-15-8-6-14(7-9-15)27-21(29)17-16(11-31-19(17)23)18(26-27)20(28)25-24-10-12-2-4-13(22)5-3-12/h2-11H,23H2,1H3,(H,25,28)/b24-10-. The molecule has 0 aliphatic heterocycles. The fourth-order valence-electron chi connectivity index (χ4n) is 2.91. The maximum atomic E-state index is 13.0. The molecule has 0 unspecified atom stereocenters. The van der Waals surface area contributed by atoms with Crippen molar-refractivity contribution >= 4 is 50.8 Å². The third-order valence-electron chi connectivity index (χ3n) is 4.46. The number of rotatable bonds is 5. The first kappa shape index (κ1) is 20.6. The average molecular weight is 454 g/mol. The van der Waals surface area contributed by atoms with Crippen LogP contribution in [-0.4, -0.2) is 29.0 Å². The van der Waals surface area contributed by atoms with Crippen molar-refractivity contribution in [1.29, 1.82) is 0 Å². The number of nitrogens with one attached hydrogen (secondary N) is 1. The number of nitrogen functional groups attached to an aromatic ring is 1. The van der Waals surface area contributed by atoms with E-state index in [1.807, 2.05) is 0 Å². The van der Waals surface area contributed by atoms with Gasteiger partial charge in [-0.2, -0.15) is 14.9 Å². The van der Waals surface area contributed by atoms with E-state index in [4.69, 9.17) is 22.1 Å². The van der Waals surface area contributed by atoms with E-state index in [9.17, 15) is 9.59 Å². The highest BCUT2D eigenvalue weighted by Crippen LogP contribution is 2.27. The quantitative estimate of drug-likeness (QED) is 0.355. The van der Waals surface area contributed by atoms with Crippen LogP contribution in [0.3, 0.4) is 0 Å². The molecule has 4 aromatic rings. The number of methoxy groups -OCH3 is 1. The van der Waals surface area contributed by atoms with Crippen LogP contribution in [0.1, 0.15) is 16.1 Å². The first-order chi connectivity index (χ1) is 15.0. The van der Waals surface area contributed by atoms with Gasteiger partial charge in [0.25, 0.3) is 11.5 Å². The Labute approximate surface area is 185 Å². The Morgan fingerprint density at radius 3 is 2.61 bits per heavy atom. The van der Waals surface area contributed by atoms with Gasteiger partial charge in [0.2, 0.25) is 0 Å². The molecule has 156 valence electrons. The van der Waals surface area contributed by atoms with Gasteiger partial charge in [0.15, 0.2) is 5.69 Å². The molecule has 0 aliphatic carbocycles. The zero-order chi connectivity index (χ0) is 22.0. The molecular weight excluding hydrogens is 438 g/mol. The maximum absolute atomic E-state index is 13.0. The van der Waals surface area contributed by atoms with Gasteiger partial charge in [0, 0.05) is 15.8 Å². The van der Waals surface area contributed by atoms with E-state index in [-0.39, 0.29) is 11.1 Å². The molecule has 0 saturated heterocycles. The van der Waals surface area contributed by atoms with Crippen LogP contribution in [0.25, 0.3) is 16.5 Å². The summed E-state index contributed by atoms with van der Waals surface area (Å²) in [6.45, 7) is 0. The van der Waals surface area contributed by atoms with E-state index in [1.165, 1.54) is 17.6 Å². The fraction of sp³-hybridized carbons (Fsp3) is 0.0476. The van der Waals surface area contributed by atoms with Crippen molar-refractivity contribution in [1.82, 2.24) is 15.2 Å². The smallest absolute Gasteiger partial charge is 0.292 e. The number of nitrogens with two attached hydrogens (primary N) is 1. The number of hydrogen-bond acceptors (Lipinski definition) is 7. The summed E-state index contributed by atoms with van der Waals surface area (Å²) < 4.78 is 6.29. The third kappa shape index (κ3) is 4.14. The second kappa shape index (κ2) is 8.58. The lowest BCUT2D eigenvalue weighted by Crippen LogP contribution is -2.28. The molecule has 0 atom stereocenters. The zero-order valence-electron chi connectivity index (χ0n) is 16.2. The van der Waals surface area contributed by atoms with E-state index in [0.717, 1.165) is 10.2 Å². The van der Waals surface area contributed by atoms with Crippen molar-refractivity contribution < 1.29 is 9.53 Å². The predicted octanol–water partition coefficient (Wildman–Crippen LogP) is 3.46. The van der Waals surface area contributed by atoms with Crippen LogP contribution < -0.4 is 21.5 Å². The Kier molecular flexibility index (Phi) is 5.70. The number of ether oxygens (including phenoxy) is 1. The first-order valence-electron chi connectivity index (χ1n) is 9.01. The van der Waals surface area contributed by atoms with Crippen LogP contribution >= 0.6 is 22.9 Å². The minimum absolute atomic E-state index is 0.0339. The maximum Gasteiger partial charge on any atom is 0.292 e. The molecule has 10 heteroatoms. The number of amides is 1. The number of carbonyl (C=O) groups excluding carboxylic acids is 1. The molecule has 4 rings (SSSR count). The molecule has 8 nitrogen and oxygen atoms in total. The Hall–Kier alpha value is -3.69. The number of nitrogens with zero attached hydrogens (tertiary/aromatic N) is 3. The van der Waals surface area contributed by atoms with Gasteiger partial charge < -0.3 is 10.5 Å². The summed E-state index contributed by atoms with van der Waals surface area (Å²) in [4.78, 5) is 25.8. The fourth-order valence-corrected chi connectivity index (χ4v) is 3.82. The largest absolute Gasteiger partial charge is 0.497 e. The predicted molar refractivity (Wildman–Crippen MR) is 123 cm³/mol. The number of anilines is 1. The van der Waals surface area contributed by atoms with Crippen LogP contribution in [0.2, 0.25) is 5.02 Å². The Morgan fingerprint density at radius 1 is 1.23 bits per heavy atom. The van der Waals surface area contributed by atoms with Crippen molar-refractivity contribution in [3.63, 3.8) is 0 Å². The van der Waals surface area contributed by atoms with Gasteiger partial charge in [0.1, 0.15) is 5.75 Å². The van der Waals surface area contributed by atoms with Gasteiger partial charge in [-0.15, -0.1) is 11.3 Å². The molecule has 3 N–H and O–H groups in total. The van der Waals surface area contributed by atoms with E-state index in [1.54, 1.807) is 61.0 Å². The Bertz CT molecular complexity index is 1340.